The van der Waals surface area contributed by atoms with Crippen LogP contribution in [0.3, 0.4) is 0 Å². The summed E-state index contributed by atoms with van der Waals surface area (Å²) in [5.74, 6) is -0.756. The second kappa shape index (κ2) is 9.39. The van der Waals surface area contributed by atoms with Crippen LogP contribution < -0.4 is 10.1 Å². The summed E-state index contributed by atoms with van der Waals surface area (Å²) in [6, 6.07) is 17.8. The number of thiophene rings is 1. The maximum atomic E-state index is 12.4. The molecule has 1 atom stereocenters. The number of amides is 1. The number of carbonyl (C=O) groups excluding carboxylic acids is 2. The molecule has 0 aliphatic heterocycles. The number of rotatable bonds is 7. The van der Waals surface area contributed by atoms with E-state index in [4.69, 9.17) is 21.1 Å². The van der Waals surface area contributed by atoms with Gasteiger partial charge in [0.15, 0.2) is 6.61 Å². The Balaban J connectivity index is 1.67. The molecule has 1 N–H and O–H groups in total. The highest BCUT2D eigenvalue weighted by Gasteiger charge is 2.20. The number of ether oxygens (including phenoxy) is 2. The van der Waals surface area contributed by atoms with Gasteiger partial charge in [-0.1, -0.05) is 48.0 Å². The molecule has 0 saturated carbocycles. The average molecular weight is 416 g/mol. The molecule has 3 aromatic rings. The number of benzene rings is 2. The SMILES string of the molecule is COc1ccc(Cl)cc1C(=O)OCC(=O)NC(c1ccccc1)c1cccs1. The maximum absolute atomic E-state index is 12.4. The van der Waals surface area contributed by atoms with Crippen molar-refractivity contribution >= 4 is 34.8 Å². The van der Waals surface area contributed by atoms with E-state index >= 15 is 0 Å². The Labute approximate surface area is 171 Å². The van der Waals surface area contributed by atoms with E-state index in [-0.39, 0.29) is 11.6 Å². The van der Waals surface area contributed by atoms with E-state index in [1.165, 1.54) is 13.2 Å². The smallest absolute Gasteiger partial charge is 0.342 e. The molecule has 1 aromatic heterocycles. The lowest BCUT2D eigenvalue weighted by molar-refractivity contribution is -0.124. The van der Waals surface area contributed by atoms with Crippen molar-refractivity contribution in [2.45, 2.75) is 6.04 Å². The normalized spacial score (nSPS) is 11.5. The van der Waals surface area contributed by atoms with Crippen molar-refractivity contribution in [1.29, 1.82) is 0 Å². The molecule has 144 valence electrons. The molecule has 0 spiro atoms. The third-order valence-corrected chi connectivity index (χ3v) is 5.15. The molecule has 0 aliphatic rings. The predicted molar refractivity (Wildman–Crippen MR) is 109 cm³/mol. The van der Waals surface area contributed by atoms with E-state index in [1.807, 2.05) is 47.8 Å². The highest BCUT2D eigenvalue weighted by atomic mass is 35.5. The van der Waals surface area contributed by atoms with Gasteiger partial charge in [0.1, 0.15) is 11.3 Å². The summed E-state index contributed by atoms with van der Waals surface area (Å²) >= 11 is 7.47. The van der Waals surface area contributed by atoms with Crippen molar-refractivity contribution in [3.05, 3.63) is 87.1 Å². The third-order valence-electron chi connectivity index (χ3n) is 3.98. The lowest BCUT2D eigenvalue weighted by Crippen LogP contribution is -2.32. The van der Waals surface area contributed by atoms with E-state index in [2.05, 4.69) is 5.32 Å². The van der Waals surface area contributed by atoms with Gasteiger partial charge in [-0.3, -0.25) is 4.79 Å². The average Bonchev–Trinajstić information content (AvgIpc) is 3.25. The summed E-state index contributed by atoms with van der Waals surface area (Å²) < 4.78 is 10.3. The van der Waals surface area contributed by atoms with E-state index in [1.54, 1.807) is 23.5 Å². The van der Waals surface area contributed by atoms with E-state index in [0.29, 0.717) is 10.8 Å². The molecule has 7 heteroatoms. The predicted octanol–water partition coefficient (Wildman–Crippen LogP) is 4.47. The first kappa shape index (κ1) is 19.9. The number of methoxy groups -OCH3 is 1. The molecule has 1 unspecified atom stereocenters. The van der Waals surface area contributed by atoms with Crippen molar-refractivity contribution in [3.8, 4) is 5.75 Å². The molecule has 1 amide bonds. The Morgan fingerprint density at radius 3 is 2.57 bits per heavy atom. The summed E-state index contributed by atoms with van der Waals surface area (Å²) in [4.78, 5) is 25.8. The second-order valence-corrected chi connectivity index (χ2v) is 7.26. The summed E-state index contributed by atoms with van der Waals surface area (Å²) in [6.45, 7) is -0.413. The van der Waals surface area contributed by atoms with Crippen molar-refractivity contribution in [3.63, 3.8) is 0 Å². The Morgan fingerprint density at radius 2 is 1.89 bits per heavy atom. The molecule has 5 nitrogen and oxygen atoms in total. The quantitative estimate of drug-likeness (QED) is 0.578. The molecule has 3 rings (SSSR count). The first-order valence-electron chi connectivity index (χ1n) is 8.47. The number of esters is 1. The molecule has 0 saturated heterocycles. The number of hydrogen-bond donors (Lipinski definition) is 1. The van der Waals surface area contributed by atoms with Gasteiger partial charge in [0, 0.05) is 9.90 Å². The van der Waals surface area contributed by atoms with Gasteiger partial charge in [-0.2, -0.15) is 0 Å². The fourth-order valence-corrected chi connectivity index (χ4v) is 3.65. The largest absolute Gasteiger partial charge is 0.496 e. The monoisotopic (exact) mass is 415 g/mol. The van der Waals surface area contributed by atoms with E-state index in [9.17, 15) is 9.59 Å². The van der Waals surface area contributed by atoms with Gasteiger partial charge in [0.2, 0.25) is 0 Å². The van der Waals surface area contributed by atoms with Crippen molar-refractivity contribution in [1.82, 2.24) is 5.32 Å². The minimum atomic E-state index is -0.679. The Morgan fingerprint density at radius 1 is 1.11 bits per heavy atom. The summed E-state index contributed by atoms with van der Waals surface area (Å²) in [7, 11) is 1.44. The molecular formula is C21H18ClNO4S. The van der Waals surface area contributed by atoms with Crippen LogP contribution in [0.25, 0.3) is 0 Å². The zero-order chi connectivity index (χ0) is 19.9. The molecule has 0 radical (unpaired) electrons. The lowest BCUT2D eigenvalue weighted by atomic mass is 10.1. The molecule has 2 aromatic carbocycles. The van der Waals surface area contributed by atoms with Gasteiger partial charge in [-0.25, -0.2) is 4.79 Å². The highest BCUT2D eigenvalue weighted by molar-refractivity contribution is 7.10. The molecule has 28 heavy (non-hydrogen) atoms. The summed E-state index contributed by atoms with van der Waals surface area (Å²) in [5.41, 5.74) is 1.11. The fourth-order valence-electron chi connectivity index (χ4n) is 2.67. The van der Waals surface area contributed by atoms with Crippen LogP contribution in [-0.2, 0) is 9.53 Å². The molecule has 0 aliphatic carbocycles. The van der Waals surface area contributed by atoms with Crippen LogP contribution in [-0.4, -0.2) is 25.6 Å². The van der Waals surface area contributed by atoms with Gasteiger partial charge in [-0.15, -0.1) is 11.3 Å². The van der Waals surface area contributed by atoms with E-state index in [0.717, 1.165) is 10.4 Å². The van der Waals surface area contributed by atoms with Gasteiger partial charge < -0.3 is 14.8 Å². The minimum absolute atomic E-state index is 0.167. The van der Waals surface area contributed by atoms with Crippen LogP contribution in [0.2, 0.25) is 5.02 Å². The van der Waals surface area contributed by atoms with Crippen LogP contribution in [0.5, 0.6) is 5.75 Å². The van der Waals surface area contributed by atoms with Gasteiger partial charge in [0.25, 0.3) is 5.91 Å². The summed E-state index contributed by atoms with van der Waals surface area (Å²) in [5, 5.41) is 5.24. The van der Waals surface area contributed by atoms with Crippen LogP contribution in [0.15, 0.2) is 66.0 Å². The third kappa shape index (κ3) is 4.91. The van der Waals surface area contributed by atoms with Gasteiger partial charge in [-0.05, 0) is 35.2 Å². The van der Waals surface area contributed by atoms with Crippen LogP contribution in [0.4, 0.5) is 0 Å². The van der Waals surface area contributed by atoms with E-state index < -0.39 is 18.5 Å². The van der Waals surface area contributed by atoms with Crippen LogP contribution in [0.1, 0.15) is 26.8 Å². The van der Waals surface area contributed by atoms with Crippen molar-refractivity contribution in [2.24, 2.45) is 0 Å². The zero-order valence-corrected chi connectivity index (χ0v) is 16.6. The van der Waals surface area contributed by atoms with Crippen molar-refractivity contribution in [2.75, 3.05) is 13.7 Å². The Kier molecular flexibility index (Phi) is 6.68. The second-order valence-electron chi connectivity index (χ2n) is 5.85. The maximum Gasteiger partial charge on any atom is 0.342 e. The fraction of sp³-hybridized carbons (Fsp3) is 0.143. The number of hydrogen-bond acceptors (Lipinski definition) is 5. The Hall–Kier alpha value is -2.83. The molecular weight excluding hydrogens is 398 g/mol. The first-order valence-corrected chi connectivity index (χ1v) is 9.72. The topological polar surface area (TPSA) is 64.6 Å². The standard InChI is InChI=1S/C21H18ClNO4S/c1-26-17-10-9-15(22)12-16(17)21(25)27-13-19(24)23-20(18-8-5-11-28-18)14-6-3-2-4-7-14/h2-12,20H,13H2,1H3,(H,23,24). The highest BCUT2D eigenvalue weighted by Crippen LogP contribution is 2.26. The molecule has 0 bridgehead atoms. The number of carbonyl (C=O) groups is 2. The number of halogens is 1. The van der Waals surface area contributed by atoms with Gasteiger partial charge in [0.05, 0.1) is 13.2 Å². The zero-order valence-electron chi connectivity index (χ0n) is 15.1. The molecule has 0 fully saturated rings. The lowest BCUT2D eigenvalue weighted by Gasteiger charge is -2.18. The Bertz CT molecular complexity index is 944. The van der Waals surface area contributed by atoms with Crippen LogP contribution >= 0.6 is 22.9 Å². The molecule has 1 heterocycles. The van der Waals surface area contributed by atoms with Crippen LogP contribution in [0, 0.1) is 0 Å². The van der Waals surface area contributed by atoms with Gasteiger partial charge >= 0.3 is 5.97 Å². The van der Waals surface area contributed by atoms with Crippen molar-refractivity contribution < 1.29 is 19.1 Å². The first-order chi connectivity index (χ1) is 13.6. The number of nitrogens with one attached hydrogen (secondary N) is 1. The summed E-state index contributed by atoms with van der Waals surface area (Å²) in [6.07, 6.45) is 0. The minimum Gasteiger partial charge on any atom is -0.496 e.